The Morgan fingerprint density at radius 3 is 0.977 bits per heavy atom. The highest BCUT2D eigenvalue weighted by atomic mass is 35.8. The van der Waals surface area contributed by atoms with E-state index in [1.54, 1.807) is 0 Å². The molecule has 1 fully saturated rings. The molecule has 0 amide bonds. The average Bonchev–Trinajstić information content (AvgIpc) is 0.880. The lowest BCUT2D eigenvalue weighted by atomic mass is 10.1. The van der Waals surface area contributed by atoms with Crippen molar-refractivity contribution in [3.05, 3.63) is 102 Å². The summed E-state index contributed by atoms with van der Waals surface area (Å²) in [6.45, 7) is 36.8. The van der Waals surface area contributed by atoms with Gasteiger partial charge in [-0.2, -0.15) is 10.5 Å². The van der Waals surface area contributed by atoms with Crippen LogP contribution in [0.4, 0.5) is 0 Å². The summed E-state index contributed by atoms with van der Waals surface area (Å²) in [5, 5.41) is 17.4. The maximum absolute atomic E-state index is 9.92. The molecular weight excluding hydrogens is 2390 g/mol. The monoisotopic (exact) mass is 2550 g/mol. The largest absolute Gasteiger partial charge is 0.500 e. The first-order valence-corrected chi connectivity index (χ1v) is 106. The third-order valence-corrected chi connectivity index (χ3v) is 66.9. The molecule has 0 aliphatic carbocycles. The van der Waals surface area contributed by atoms with Gasteiger partial charge in [-0.05, 0) is 249 Å². The average molecular weight is 2560 g/mol. The molecule has 780 valence electrons. The summed E-state index contributed by atoms with van der Waals surface area (Å²) in [4.78, 5) is 44.4. The Hall–Kier alpha value is 6.16. The van der Waals surface area contributed by atoms with Gasteiger partial charge in [-0.15, -0.1) is 255 Å². The topological polar surface area (TPSA) is 228 Å². The highest BCUT2D eigenvalue weighted by molar-refractivity contribution is 7.64. The summed E-state index contributed by atoms with van der Waals surface area (Å²) in [5.41, 5.74) is 15.3. The molecule has 1 aliphatic rings. The molecule has 4 rings (SSSR count). The van der Waals surface area contributed by atoms with E-state index in [-0.39, 0.29) is 11.1 Å². The molecular formula is C81H167Cl23N4O8Si15. The van der Waals surface area contributed by atoms with Crippen molar-refractivity contribution in [3.8, 4) is 12.1 Å². The van der Waals surface area contributed by atoms with Gasteiger partial charge in [0.1, 0.15) is 0 Å². The third kappa shape index (κ3) is 128. The molecule has 3 aromatic carbocycles. The lowest BCUT2D eigenvalue weighted by molar-refractivity contribution is 0.0709. The zero-order valence-corrected chi connectivity index (χ0v) is 115. The number of unbranched alkanes of at least 4 members (excludes halogenated alkanes) is 5. The van der Waals surface area contributed by atoms with E-state index < -0.39 is 107 Å². The van der Waals surface area contributed by atoms with Gasteiger partial charge in [-0.1, -0.05) is 206 Å². The zero-order valence-electron chi connectivity index (χ0n) is 83.1. The maximum atomic E-state index is 9.92. The van der Waals surface area contributed by atoms with Crippen LogP contribution in [0.5, 0.6) is 0 Å². The summed E-state index contributed by atoms with van der Waals surface area (Å²) in [6, 6.07) is 42.9. The van der Waals surface area contributed by atoms with Crippen molar-refractivity contribution < 1.29 is 37.3 Å². The Balaban J connectivity index is -0.000000151. The molecule has 131 heavy (non-hydrogen) atoms. The predicted molar refractivity (Wildman–Crippen MR) is 642 cm³/mol. The van der Waals surface area contributed by atoms with E-state index in [0.717, 1.165) is 103 Å². The standard InChI is InChI=1S/C10H14Cl2Si.C10H16OSi.C9H23NO3Si.C7H8Cl2Si.C7H16Cl2Si.C6H14Cl2Si.C6H16OSi.C5H9Cl2NSi.C4H10Cl4Si2.C4H6Cl3NSi.C4H10Cl2Si.C3H6Cl2Si.C3H8Cl2Si.C3H11NO3Si/c1-9-3-5-10(6-4-9)7-8-13(2,11)12;1-3-12(2,11)9-10-7-5-4-6-8-10;1-4-11-14(12-5-2,13-6-3)9-7-8-10;1-10(8,9)7-5-3-2-4-6-7;1-3-4-5-6-7-10(2,8)9;1-5(2)9(7,8)6(3)4;1-6(2,3)8(4,5)7;1-9(6,7)5-3-2-4-8;1-9(5,6)3-4-10(2,7)8;5-9(6,7)4-2-1-3-8;1-3-7(5,6)4-2;4-6(5)2-1-3-6;1-3-6(2,4)5;4-2-1-3-8(5,6)7/h3-6H,7-8H2,1-2H3;4-8,11H,3,9H2,1-2H3;4-10H2,1-3H3;2-6H,1H3;3-7H2,1-2H3;5-6H,1-4H3;7H,1-5H3;2-3,5H2,1H3;3-4H2,1-2H3;1-2,4H2;3-4H2,1-2H3;1-3H2;3H2,1-2H3;5-7H,1-4H2. The molecule has 1 atom stereocenters. The van der Waals surface area contributed by atoms with E-state index in [4.69, 9.17) is 304 Å². The molecule has 0 bridgehead atoms. The number of rotatable bonds is 38. The Morgan fingerprint density at radius 2 is 0.756 bits per heavy atom. The number of nitrogens with two attached hydrogens (primary N) is 2. The minimum absolute atomic E-state index is 0.0451. The van der Waals surface area contributed by atoms with Gasteiger partial charge in [-0.3, -0.25) is 0 Å². The van der Waals surface area contributed by atoms with Crippen molar-refractivity contribution in [3.63, 3.8) is 0 Å². The summed E-state index contributed by atoms with van der Waals surface area (Å²) < 4.78 is 17.0. The fourth-order valence-electron chi connectivity index (χ4n) is 8.18. The molecule has 12 nitrogen and oxygen atoms in total. The van der Waals surface area contributed by atoms with E-state index in [0.29, 0.717) is 75.7 Å². The lowest BCUT2D eigenvalue weighted by Crippen LogP contribution is -2.46. The van der Waals surface area contributed by atoms with Gasteiger partial charge >= 0.3 is 23.6 Å². The molecule has 1 unspecified atom stereocenters. The fourth-order valence-corrected chi connectivity index (χ4v) is 32.0. The van der Waals surface area contributed by atoms with Crippen LogP contribution < -0.4 is 16.7 Å². The zero-order chi connectivity index (χ0) is 106. The van der Waals surface area contributed by atoms with Gasteiger partial charge in [0.2, 0.25) is 40.2 Å². The van der Waals surface area contributed by atoms with Crippen LogP contribution in [0.25, 0.3) is 0 Å². The predicted octanol–water partition coefficient (Wildman–Crippen LogP) is 36.0. The fraction of sp³-hybridized carbons (Fsp3) is 0.753. The summed E-state index contributed by atoms with van der Waals surface area (Å²) in [6.07, 6.45) is 11.3. The molecule has 0 aromatic heterocycles. The molecule has 9 N–H and O–H groups in total. The van der Waals surface area contributed by atoms with Crippen molar-refractivity contribution in [2.75, 3.05) is 32.9 Å². The lowest BCUT2D eigenvalue weighted by Gasteiger charge is -2.30. The number of hydrogen-bond donors (Lipinski definition) is 7. The van der Waals surface area contributed by atoms with Crippen molar-refractivity contribution in [2.45, 2.75) is 360 Å². The van der Waals surface area contributed by atoms with Gasteiger partial charge in [0.25, 0.3) is 26.8 Å². The van der Waals surface area contributed by atoms with Gasteiger partial charge in [0.05, 0.1) is 12.1 Å². The summed E-state index contributed by atoms with van der Waals surface area (Å²) in [5.74, 6) is 0. The second-order valence-corrected chi connectivity index (χ2v) is 138. The van der Waals surface area contributed by atoms with E-state index in [9.17, 15) is 9.59 Å². The van der Waals surface area contributed by atoms with Gasteiger partial charge in [0, 0.05) is 44.8 Å². The van der Waals surface area contributed by atoms with E-state index >= 15 is 0 Å². The van der Waals surface area contributed by atoms with Crippen LogP contribution >= 0.6 is 255 Å². The number of halogens is 23. The molecule has 0 saturated carbocycles. The quantitative estimate of drug-likeness (QED) is 0.0161. The van der Waals surface area contributed by atoms with Crippen molar-refractivity contribution in [2.24, 2.45) is 11.5 Å². The number of aryl methyl sites for hydroxylation is 2. The normalized spacial score (nSPS) is 13.3. The molecule has 1 heterocycles. The molecule has 1 saturated heterocycles. The number of nitrogens with zero attached hydrogens (tertiary/aromatic N) is 2. The Morgan fingerprint density at radius 1 is 0.420 bits per heavy atom. The van der Waals surface area contributed by atoms with Crippen LogP contribution in [0, 0.1) is 29.6 Å². The third-order valence-electron chi connectivity index (χ3n) is 18.2. The molecule has 1 aliphatic heterocycles. The number of hydrogen-bond acceptors (Lipinski definition) is 12. The first-order chi connectivity index (χ1) is 58.9. The summed E-state index contributed by atoms with van der Waals surface area (Å²) in [7, 11) is -9.93. The van der Waals surface area contributed by atoms with E-state index in [1.807, 2.05) is 168 Å². The second-order valence-electron chi connectivity index (χ2n) is 34.6. The molecule has 3 aromatic rings. The number of nitriles is 2. The summed E-state index contributed by atoms with van der Waals surface area (Å²) >= 11 is 134. The van der Waals surface area contributed by atoms with E-state index in [1.165, 1.54) is 48.8 Å². The van der Waals surface area contributed by atoms with Crippen LogP contribution in [0.15, 0.2) is 84.9 Å². The Kier molecular flexibility index (Phi) is 102. The second kappa shape index (κ2) is 84.9. The first-order valence-electron chi connectivity index (χ1n) is 44.6. The molecule has 0 spiro atoms. The molecule has 50 heteroatoms. The van der Waals surface area contributed by atoms with Crippen LogP contribution in [0.3, 0.4) is 0 Å². The van der Waals surface area contributed by atoms with Crippen LogP contribution in [-0.4, -0.2) is 164 Å². The van der Waals surface area contributed by atoms with Crippen LogP contribution in [-0.2, 0) is 25.7 Å². The maximum Gasteiger partial charge on any atom is 0.500 e. The van der Waals surface area contributed by atoms with Gasteiger partial charge < -0.3 is 48.7 Å². The highest BCUT2D eigenvalue weighted by Gasteiger charge is 2.40. The highest BCUT2D eigenvalue weighted by Crippen LogP contribution is 2.40. The smallest absolute Gasteiger partial charge is 0.432 e. The minimum Gasteiger partial charge on any atom is -0.432 e. The van der Waals surface area contributed by atoms with Gasteiger partial charge in [0.15, 0.2) is 16.6 Å². The van der Waals surface area contributed by atoms with Crippen LogP contribution in [0.2, 0.25) is 166 Å². The van der Waals surface area contributed by atoms with Crippen molar-refractivity contribution in [1.29, 1.82) is 10.5 Å². The first kappa shape index (κ1) is 157. The SMILES string of the molecule is CC(C)(C)[Si](C)(C)O.CC(C)[Si](Cl)(Cl)C(C)C.CCCCCC[Si](C)(Cl)Cl.CCO[Si](CCCN)(OCC)OCC.CC[Si](C)(Cl)Cl.CC[Si](C)(O)Cc1ccccc1.CC[Si](Cl)(Cl)CC.C[Si](Cl)(Cl)CCCC#N.C[Si](Cl)(Cl)CC[Si](C)(Cl)Cl.C[Si](Cl)(Cl)c1ccccc1.Cc1ccc(CC[Si](C)(Cl)Cl)cc1.Cl[Si]1(Cl)CCC1.N#CCCC[Si](Cl)(Cl)Cl.NCCC[Si](O)(O)O. The number of benzene rings is 3. The molecule has 0 radical (unpaired) electrons. The van der Waals surface area contributed by atoms with Crippen LogP contribution in [0.1, 0.15) is 191 Å². The minimum atomic E-state index is -3.76. The van der Waals surface area contributed by atoms with Crippen molar-refractivity contribution >= 4 is 367 Å². The van der Waals surface area contributed by atoms with Gasteiger partial charge in [-0.25, -0.2) is 0 Å². The van der Waals surface area contributed by atoms with Crippen molar-refractivity contribution in [1.82, 2.24) is 0 Å². The Bertz CT molecular complexity index is 3080. The van der Waals surface area contributed by atoms with E-state index in [2.05, 4.69) is 106 Å². The Labute approximate surface area is 921 Å².